The smallest absolute Gasteiger partial charge is 0.387 e. The van der Waals surface area contributed by atoms with Crippen molar-refractivity contribution in [1.29, 1.82) is 0 Å². The number of piperidine rings is 1. The Bertz CT molecular complexity index is 407. The summed E-state index contributed by atoms with van der Waals surface area (Å²) in [5.41, 5.74) is 0.766. The second-order valence-corrected chi connectivity index (χ2v) is 5.06. The predicted octanol–water partition coefficient (Wildman–Crippen LogP) is 3.26. The number of halogens is 2. The summed E-state index contributed by atoms with van der Waals surface area (Å²) < 4.78 is 29.4. The molecule has 1 aliphatic rings. The van der Waals surface area contributed by atoms with Crippen molar-refractivity contribution >= 4 is 5.69 Å². The van der Waals surface area contributed by atoms with Gasteiger partial charge in [-0.1, -0.05) is 19.1 Å². The second kappa shape index (κ2) is 7.43. The molecule has 1 aromatic carbocycles. The van der Waals surface area contributed by atoms with Crippen LogP contribution in [0.2, 0.25) is 0 Å². The van der Waals surface area contributed by atoms with Crippen molar-refractivity contribution in [2.24, 2.45) is 0 Å². The fraction of sp³-hybridized carbons (Fsp3) is 0.600. The van der Waals surface area contributed by atoms with Crippen molar-refractivity contribution in [3.63, 3.8) is 0 Å². The molecule has 0 amide bonds. The van der Waals surface area contributed by atoms with Crippen LogP contribution in [0.15, 0.2) is 24.3 Å². The summed E-state index contributed by atoms with van der Waals surface area (Å²) in [7, 11) is 0. The van der Waals surface area contributed by atoms with E-state index in [0.717, 1.165) is 44.6 Å². The van der Waals surface area contributed by atoms with E-state index < -0.39 is 6.61 Å². The standard InChI is InChI=1S/C15H22F2N2O/c1-2-9-18-12-7-10-19(11-8-12)13-5-3-4-6-14(13)20-15(16)17/h3-6,12,15,18H,2,7-11H2,1H3. The molecule has 112 valence electrons. The monoisotopic (exact) mass is 284 g/mol. The number of anilines is 1. The van der Waals surface area contributed by atoms with E-state index in [1.54, 1.807) is 12.1 Å². The highest BCUT2D eigenvalue weighted by Crippen LogP contribution is 2.31. The van der Waals surface area contributed by atoms with Gasteiger partial charge >= 0.3 is 6.61 Å². The van der Waals surface area contributed by atoms with E-state index in [1.165, 1.54) is 0 Å². The molecule has 5 heteroatoms. The van der Waals surface area contributed by atoms with Crippen molar-refractivity contribution in [2.45, 2.75) is 38.8 Å². The molecule has 0 aliphatic carbocycles. The minimum absolute atomic E-state index is 0.266. The third kappa shape index (κ3) is 4.07. The molecule has 1 fully saturated rings. The van der Waals surface area contributed by atoms with Gasteiger partial charge in [0.15, 0.2) is 0 Å². The number of alkyl halides is 2. The highest BCUT2D eigenvalue weighted by molar-refractivity contribution is 5.58. The molecular weight excluding hydrogens is 262 g/mol. The van der Waals surface area contributed by atoms with Gasteiger partial charge < -0.3 is 15.0 Å². The lowest BCUT2D eigenvalue weighted by atomic mass is 10.0. The highest BCUT2D eigenvalue weighted by atomic mass is 19.3. The van der Waals surface area contributed by atoms with E-state index in [0.29, 0.717) is 6.04 Å². The molecule has 1 heterocycles. The number of hydrogen-bond donors (Lipinski definition) is 1. The Kier molecular flexibility index (Phi) is 5.59. The molecule has 1 N–H and O–H groups in total. The fourth-order valence-corrected chi connectivity index (χ4v) is 2.59. The van der Waals surface area contributed by atoms with Crippen LogP contribution in [0.3, 0.4) is 0 Å². The minimum atomic E-state index is -2.78. The molecule has 0 atom stereocenters. The first-order chi connectivity index (χ1) is 9.70. The lowest BCUT2D eigenvalue weighted by Crippen LogP contribution is -2.42. The first-order valence-corrected chi connectivity index (χ1v) is 7.23. The SMILES string of the molecule is CCCNC1CCN(c2ccccc2OC(F)F)CC1. The molecule has 1 aliphatic heterocycles. The van der Waals surface area contributed by atoms with Gasteiger partial charge in [0.1, 0.15) is 5.75 Å². The van der Waals surface area contributed by atoms with Crippen LogP contribution < -0.4 is 15.0 Å². The van der Waals surface area contributed by atoms with Crippen molar-refractivity contribution in [3.05, 3.63) is 24.3 Å². The second-order valence-electron chi connectivity index (χ2n) is 5.06. The van der Waals surface area contributed by atoms with E-state index in [4.69, 9.17) is 0 Å². The quantitative estimate of drug-likeness (QED) is 0.868. The van der Waals surface area contributed by atoms with Crippen LogP contribution in [-0.2, 0) is 0 Å². The maximum Gasteiger partial charge on any atom is 0.387 e. The Hall–Kier alpha value is -1.36. The zero-order chi connectivity index (χ0) is 14.4. The van der Waals surface area contributed by atoms with Crippen molar-refractivity contribution in [3.8, 4) is 5.75 Å². The molecule has 0 radical (unpaired) electrons. The molecule has 0 bridgehead atoms. The molecule has 1 aromatic rings. The average molecular weight is 284 g/mol. The van der Waals surface area contributed by atoms with E-state index in [2.05, 4.69) is 21.9 Å². The molecule has 0 saturated carbocycles. The van der Waals surface area contributed by atoms with Gasteiger partial charge in [-0.05, 0) is 37.9 Å². The van der Waals surface area contributed by atoms with Gasteiger partial charge in [0.25, 0.3) is 0 Å². The van der Waals surface area contributed by atoms with Crippen LogP contribution in [0.25, 0.3) is 0 Å². The number of nitrogens with one attached hydrogen (secondary N) is 1. The van der Waals surface area contributed by atoms with Gasteiger partial charge in [-0.25, -0.2) is 0 Å². The summed E-state index contributed by atoms with van der Waals surface area (Å²) in [5.74, 6) is 0.266. The normalized spacial score (nSPS) is 16.7. The number of para-hydroxylation sites is 2. The van der Waals surface area contributed by atoms with Crippen molar-refractivity contribution < 1.29 is 13.5 Å². The van der Waals surface area contributed by atoms with Crippen LogP contribution in [0, 0.1) is 0 Å². The molecule has 0 spiro atoms. The van der Waals surface area contributed by atoms with Crippen LogP contribution in [0.4, 0.5) is 14.5 Å². The molecule has 0 aromatic heterocycles. The maximum atomic E-state index is 12.4. The lowest BCUT2D eigenvalue weighted by molar-refractivity contribution is -0.0495. The molecule has 3 nitrogen and oxygen atoms in total. The summed E-state index contributed by atoms with van der Waals surface area (Å²) >= 11 is 0. The lowest BCUT2D eigenvalue weighted by Gasteiger charge is -2.34. The molecule has 2 rings (SSSR count). The zero-order valence-electron chi connectivity index (χ0n) is 11.8. The molecule has 1 saturated heterocycles. The summed E-state index contributed by atoms with van der Waals surface area (Å²) in [6.45, 7) is 2.14. The van der Waals surface area contributed by atoms with Crippen molar-refractivity contribution in [1.82, 2.24) is 5.32 Å². The van der Waals surface area contributed by atoms with Gasteiger partial charge in [0.05, 0.1) is 5.69 Å². The molecule has 0 unspecified atom stereocenters. The minimum Gasteiger partial charge on any atom is -0.433 e. The first-order valence-electron chi connectivity index (χ1n) is 7.23. The van der Waals surface area contributed by atoms with Crippen LogP contribution >= 0.6 is 0 Å². The van der Waals surface area contributed by atoms with Gasteiger partial charge in [-0.2, -0.15) is 8.78 Å². The first kappa shape index (κ1) is 15.0. The summed E-state index contributed by atoms with van der Waals surface area (Å²) in [5, 5.41) is 3.51. The average Bonchev–Trinajstić information content (AvgIpc) is 2.46. The molecular formula is C15H22F2N2O. The van der Waals surface area contributed by atoms with E-state index in [9.17, 15) is 8.78 Å². The van der Waals surface area contributed by atoms with Gasteiger partial charge in [-0.3, -0.25) is 0 Å². The van der Waals surface area contributed by atoms with Crippen molar-refractivity contribution in [2.75, 3.05) is 24.5 Å². The van der Waals surface area contributed by atoms with E-state index >= 15 is 0 Å². The Balaban J connectivity index is 1.96. The Morgan fingerprint density at radius 1 is 1.30 bits per heavy atom. The topological polar surface area (TPSA) is 24.5 Å². The number of hydrogen-bond acceptors (Lipinski definition) is 3. The summed E-state index contributed by atoms with van der Waals surface area (Å²) in [6, 6.07) is 7.56. The van der Waals surface area contributed by atoms with E-state index in [-0.39, 0.29) is 5.75 Å². The Labute approximate surface area is 118 Å². The number of benzene rings is 1. The summed E-state index contributed by atoms with van der Waals surface area (Å²) in [6.07, 6.45) is 3.19. The van der Waals surface area contributed by atoms with Crippen LogP contribution in [-0.4, -0.2) is 32.3 Å². The zero-order valence-corrected chi connectivity index (χ0v) is 11.8. The maximum absolute atomic E-state index is 12.4. The molecule has 20 heavy (non-hydrogen) atoms. The Morgan fingerprint density at radius 3 is 2.65 bits per heavy atom. The largest absolute Gasteiger partial charge is 0.433 e. The van der Waals surface area contributed by atoms with E-state index in [1.807, 2.05) is 12.1 Å². The van der Waals surface area contributed by atoms with Crippen LogP contribution in [0.5, 0.6) is 5.75 Å². The van der Waals surface area contributed by atoms with Gasteiger partial charge in [0, 0.05) is 19.1 Å². The third-order valence-corrected chi connectivity index (χ3v) is 3.60. The fourth-order valence-electron chi connectivity index (χ4n) is 2.59. The summed E-state index contributed by atoms with van der Waals surface area (Å²) in [4.78, 5) is 2.13. The number of ether oxygens (including phenoxy) is 1. The number of rotatable bonds is 6. The van der Waals surface area contributed by atoms with Gasteiger partial charge in [-0.15, -0.1) is 0 Å². The van der Waals surface area contributed by atoms with Crippen LogP contribution in [0.1, 0.15) is 26.2 Å². The number of nitrogens with zero attached hydrogens (tertiary/aromatic N) is 1. The predicted molar refractivity (Wildman–Crippen MR) is 76.6 cm³/mol. The Morgan fingerprint density at radius 2 is 2.00 bits per heavy atom. The highest BCUT2D eigenvalue weighted by Gasteiger charge is 2.21. The third-order valence-electron chi connectivity index (χ3n) is 3.60. The van der Waals surface area contributed by atoms with Gasteiger partial charge in [0.2, 0.25) is 0 Å².